The summed E-state index contributed by atoms with van der Waals surface area (Å²) < 4.78 is 12.5. The Kier molecular flexibility index (Phi) is 4.35. The molecule has 0 atom stereocenters. The molecule has 0 saturated carbocycles. The first-order valence-electron chi connectivity index (χ1n) is 13.5. The lowest BCUT2D eigenvalue weighted by atomic mass is 9.66. The van der Waals surface area contributed by atoms with Crippen molar-refractivity contribution in [3.8, 4) is 33.8 Å². The van der Waals surface area contributed by atoms with Crippen LogP contribution in [0.5, 0.6) is 11.5 Å². The SMILES string of the molecule is Clc1ccc2c(c1)oc1ccc(-c3ccc4c(c3)-c3ccccc3C43c4ccccc4Oc4ccccc43)cc12. The van der Waals surface area contributed by atoms with Crippen molar-refractivity contribution >= 4 is 33.5 Å². The molecular formula is C37H21ClO2. The minimum atomic E-state index is -0.445. The summed E-state index contributed by atoms with van der Waals surface area (Å²) in [6.07, 6.45) is 0. The molecule has 1 spiro atoms. The lowest BCUT2D eigenvalue weighted by Gasteiger charge is -2.39. The first-order chi connectivity index (χ1) is 19.7. The number of rotatable bonds is 1. The van der Waals surface area contributed by atoms with E-state index in [1.165, 1.54) is 38.9 Å². The van der Waals surface area contributed by atoms with Crippen molar-refractivity contribution in [1.82, 2.24) is 0 Å². The van der Waals surface area contributed by atoms with Gasteiger partial charge in [0.25, 0.3) is 0 Å². The third kappa shape index (κ3) is 2.79. The maximum atomic E-state index is 6.45. The molecule has 3 heteroatoms. The average molecular weight is 533 g/mol. The maximum absolute atomic E-state index is 6.45. The standard InChI is InChI=1S/C37H21ClO2/c38-24-15-16-26-28-20-23(14-18-33(28)39-36(26)21-24)22-13-17-30-27(19-22)25-7-1-2-8-29(25)37(30)31-9-3-5-11-34(31)40-35-12-6-4-10-32(35)37/h1-21H. The van der Waals surface area contributed by atoms with Crippen LogP contribution in [-0.4, -0.2) is 0 Å². The van der Waals surface area contributed by atoms with Crippen LogP contribution in [0.25, 0.3) is 44.2 Å². The summed E-state index contributed by atoms with van der Waals surface area (Å²) in [5.74, 6) is 1.82. The highest BCUT2D eigenvalue weighted by Crippen LogP contribution is 2.62. The molecule has 1 aliphatic carbocycles. The molecule has 0 radical (unpaired) electrons. The summed E-state index contributed by atoms with van der Waals surface area (Å²) in [6.45, 7) is 0. The fraction of sp³-hybridized carbons (Fsp3) is 0.0270. The van der Waals surface area contributed by atoms with Gasteiger partial charge in [0.1, 0.15) is 22.7 Å². The van der Waals surface area contributed by atoms with Gasteiger partial charge in [0.05, 0.1) is 5.41 Å². The molecule has 2 heterocycles. The molecule has 0 bridgehead atoms. The Morgan fingerprint density at radius 2 is 1.12 bits per heavy atom. The second kappa shape index (κ2) is 7.88. The summed E-state index contributed by atoms with van der Waals surface area (Å²) in [6, 6.07) is 45.0. The van der Waals surface area contributed by atoms with Gasteiger partial charge >= 0.3 is 0 Å². The zero-order valence-corrected chi connectivity index (χ0v) is 22.1. The van der Waals surface area contributed by atoms with E-state index in [0.29, 0.717) is 5.02 Å². The minimum Gasteiger partial charge on any atom is -0.457 e. The molecular weight excluding hydrogens is 512 g/mol. The number of ether oxygens (including phenoxy) is 1. The second-order valence-electron chi connectivity index (χ2n) is 10.6. The molecule has 40 heavy (non-hydrogen) atoms. The van der Waals surface area contributed by atoms with Crippen molar-refractivity contribution in [3.05, 3.63) is 155 Å². The first kappa shape index (κ1) is 22.1. The quantitative estimate of drug-likeness (QED) is 0.210. The predicted octanol–water partition coefficient (Wildman–Crippen LogP) is 10.4. The summed E-state index contributed by atoms with van der Waals surface area (Å²) in [7, 11) is 0. The van der Waals surface area contributed by atoms with Crippen LogP contribution >= 0.6 is 11.6 Å². The molecule has 1 aromatic heterocycles. The van der Waals surface area contributed by atoms with Crippen LogP contribution in [0.15, 0.2) is 132 Å². The van der Waals surface area contributed by atoms with E-state index in [1.807, 2.05) is 18.2 Å². The van der Waals surface area contributed by atoms with E-state index in [4.69, 9.17) is 20.8 Å². The molecule has 9 rings (SSSR count). The molecule has 2 aliphatic rings. The molecule has 2 nitrogen and oxygen atoms in total. The van der Waals surface area contributed by atoms with Gasteiger partial charge in [-0.15, -0.1) is 0 Å². The van der Waals surface area contributed by atoms with Crippen LogP contribution in [-0.2, 0) is 5.41 Å². The Bertz CT molecular complexity index is 2120. The van der Waals surface area contributed by atoms with Gasteiger partial charge in [-0.25, -0.2) is 0 Å². The Morgan fingerprint density at radius 3 is 1.93 bits per heavy atom. The van der Waals surface area contributed by atoms with E-state index in [-0.39, 0.29) is 0 Å². The summed E-state index contributed by atoms with van der Waals surface area (Å²) >= 11 is 6.23. The zero-order valence-electron chi connectivity index (χ0n) is 21.3. The third-order valence-electron chi connectivity index (χ3n) is 8.61. The number of benzene rings is 6. The fourth-order valence-corrected chi connectivity index (χ4v) is 7.13. The van der Waals surface area contributed by atoms with E-state index in [2.05, 4.69) is 109 Å². The molecule has 1 aliphatic heterocycles. The van der Waals surface area contributed by atoms with Crippen LogP contribution in [0.2, 0.25) is 5.02 Å². The van der Waals surface area contributed by atoms with Crippen molar-refractivity contribution in [1.29, 1.82) is 0 Å². The smallest absolute Gasteiger partial charge is 0.136 e. The summed E-state index contributed by atoms with van der Waals surface area (Å²) in [4.78, 5) is 0. The van der Waals surface area contributed by atoms with Gasteiger partial charge < -0.3 is 9.15 Å². The Morgan fingerprint density at radius 1 is 0.475 bits per heavy atom. The number of para-hydroxylation sites is 2. The lowest BCUT2D eigenvalue weighted by Crippen LogP contribution is -2.32. The van der Waals surface area contributed by atoms with Gasteiger partial charge in [-0.2, -0.15) is 0 Å². The van der Waals surface area contributed by atoms with E-state index in [0.717, 1.165) is 39.0 Å². The maximum Gasteiger partial charge on any atom is 0.136 e. The molecule has 6 aromatic carbocycles. The first-order valence-corrected chi connectivity index (χ1v) is 13.8. The van der Waals surface area contributed by atoms with Gasteiger partial charge in [0.2, 0.25) is 0 Å². The van der Waals surface area contributed by atoms with Crippen molar-refractivity contribution in [2.24, 2.45) is 0 Å². The Hall–Kier alpha value is -4.79. The lowest BCUT2D eigenvalue weighted by molar-refractivity contribution is 0.436. The molecule has 0 fully saturated rings. The molecule has 0 N–H and O–H groups in total. The zero-order chi connectivity index (χ0) is 26.4. The largest absolute Gasteiger partial charge is 0.457 e. The molecule has 0 amide bonds. The third-order valence-corrected chi connectivity index (χ3v) is 8.85. The van der Waals surface area contributed by atoms with Gasteiger partial charge in [0, 0.05) is 33.0 Å². The number of fused-ring (bicyclic) bond motifs is 12. The van der Waals surface area contributed by atoms with Gasteiger partial charge in [-0.05, 0) is 75.8 Å². The van der Waals surface area contributed by atoms with E-state index in [9.17, 15) is 0 Å². The van der Waals surface area contributed by atoms with Crippen molar-refractivity contribution in [3.63, 3.8) is 0 Å². The van der Waals surface area contributed by atoms with Crippen molar-refractivity contribution in [2.45, 2.75) is 5.41 Å². The van der Waals surface area contributed by atoms with Gasteiger partial charge in [0.15, 0.2) is 0 Å². The highest BCUT2D eigenvalue weighted by atomic mass is 35.5. The summed E-state index contributed by atoms with van der Waals surface area (Å²) in [5, 5.41) is 2.84. The van der Waals surface area contributed by atoms with Crippen molar-refractivity contribution < 1.29 is 9.15 Å². The predicted molar refractivity (Wildman–Crippen MR) is 162 cm³/mol. The number of hydrogen-bond acceptors (Lipinski definition) is 2. The molecule has 188 valence electrons. The van der Waals surface area contributed by atoms with E-state index >= 15 is 0 Å². The van der Waals surface area contributed by atoms with Gasteiger partial charge in [-0.1, -0.05) is 90.5 Å². The average Bonchev–Trinajstić information content (AvgIpc) is 3.50. The molecule has 0 unspecified atom stereocenters. The second-order valence-corrected chi connectivity index (χ2v) is 11.0. The van der Waals surface area contributed by atoms with Crippen molar-refractivity contribution in [2.75, 3.05) is 0 Å². The van der Waals surface area contributed by atoms with Crippen LogP contribution in [0.3, 0.4) is 0 Å². The van der Waals surface area contributed by atoms with Crippen LogP contribution in [0, 0.1) is 0 Å². The Balaban J connectivity index is 1.31. The topological polar surface area (TPSA) is 22.4 Å². The van der Waals surface area contributed by atoms with Crippen LogP contribution in [0.4, 0.5) is 0 Å². The summed E-state index contributed by atoms with van der Waals surface area (Å²) in [5.41, 5.74) is 11.0. The number of furan rings is 1. The highest BCUT2D eigenvalue weighted by molar-refractivity contribution is 6.31. The number of halogens is 1. The monoisotopic (exact) mass is 532 g/mol. The normalized spacial score (nSPS) is 14.0. The highest BCUT2D eigenvalue weighted by Gasteiger charge is 2.50. The van der Waals surface area contributed by atoms with Gasteiger partial charge in [-0.3, -0.25) is 0 Å². The Labute approximate surface area is 236 Å². The van der Waals surface area contributed by atoms with Crippen LogP contribution in [0.1, 0.15) is 22.3 Å². The van der Waals surface area contributed by atoms with E-state index < -0.39 is 5.41 Å². The van der Waals surface area contributed by atoms with Crippen LogP contribution < -0.4 is 4.74 Å². The van der Waals surface area contributed by atoms with E-state index in [1.54, 1.807) is 0 Å². The number of hydrogen-bond donors (Lipinski definition) is 0. The molecule has 7 aromatic rings. The minimum absolute atomic E-state index is 0.445. The fourth-order valence-electron chi connectivity index (χ4n) is 6.97. The molecule has 0 saturated heterocycles.